The van der Waals surface area contributed by atoms with Crippen molar-refractivity contribution in [3.63, 3.8) is 0 Å². The molecule has 2 aliphatic rings. The predicted octanol–water partition coefficient (Wildman–Crippen LogP) is 9.73. The van der Waals surface area contributed by atoms with E-state index in [0.717, 1.165) is 5.75 Å². The third kappa shape index (κ3) is 4.39. The summed E-state index contributed by atoms with van der Waals surface area (Å²) < 4.78 is 5.47. The van der Waals surface area contributed by atoms with Crippen LogP contribution in [0.2, 0.25) is 0 Å². The van der Waals surface area contributed by atoms with Gasteiger partial charge >= 0.3 is 0 Å². The van der Waals surface area contributed by atoms with Crippen LogP contribution in [0.4, 0.5) is 0 Å². The molecule has 0 heterocycles. The standard InChI is InChI=1S/C37H54OSi/c1-11-34(12-2)24-36(15-5,16-6)31-29(34)23-30-32(37(17-7,18-8)25-35(30,13-3)14-4)33(31)39-26(9)27-19-21-28(38-10)22-20-27/h19-23H,9,11-18,24-25H2,1-8,10H3. The van der Waals surface area contributed by atoms with Gasteiger partial charge in [0.05, 0.1) is 7.11 Å². The lowest BCUT2D eigenvalue weighted by Gasteiger charge is -2.36. The number of rotatable bonds is 12. The Bertz CT molecular complexity index is 1110. The zero-order valence-corrected chi connectivity index (χ0v) is 27.6. The highest BCUT2D eigenvalue weighted by molar-refractivity contribution is 6.74. The molecule has 2 aromatic rings. The van der Waals surface area contributed by atoms with E-state index < -0.39 is 0 Å². The average Bonchev–Trinajstić information content (AvgIpc) is 3.46. The van der Waals surface area contributed by atoms with Gasteiger partial charge < -0.3 is 4.74 Å². The van der Waals surface area contributed by atoms with Gasteiger partial charge in [-0.3, -0.25) is 0 Å². The lowest BCUT2D eigenvalue weighted by molar-refractivity contribution is 0.279. The van der Waals surface area contributed by atoms with Crippen molar-refractivity contribution in [2.45, 2.75) is 141 Å². The maximum absolute atomic E-state index is 5.47. The lowest BCUT2D eigenvalue weighted by Crippen LogP contribution is -2.38. The molecular weight excluding hydrogens is 488 g/mol. The van der Waals surface area contributed by atoms with Crippen molar-refractivity contribution in [3.8, 4) is 5.75 Å². The topological polar surface area (TPSA) is 9.23 Å². The van der Waals surface area contributed by atoms with E-state index in [2.05, 4.69) is 85.7 Å². The number of benzene rings is 2. The maximum atomic E-state index is 5.47. The van der Waals surface area contributed by atoms with E-state index in [0.29, 0.717) is 9.52 Å². The molecule has 2 aliphatic carbocycles. The molecule has 39 heavy (non-hydrogen) atoms. The van der Waals surface area contributed by atoms with Crippen LogP contribution in [0.3, 0.4) is 0 Å². The molecule has 0 fully saturated rings. The predicted molar refractivity (Wildman–Crippen MR) is 172 cm³/mol. The third-order valence-corrected chi connectivity index (χ3v) is 13.4. The van der Waals surface area contributed by atoms with Crippen molar-refractivity contribution in [3.05, 3.63) is 64.7 Å². The summed E-state index contributed by atoms with van der Waals surface area (Å²) in [5.74, 6) is 0.912. The molecule has 0 saturated heterocycles. The van der Waals surface area contributed by atoms with Crippen LogP contribution in [0.25, 0.3) is 5.20 Å². The Kier molecular flexibility index (Phi) is 8.68. The molecular formula is C37H54OSi. The van der Waals surface area contributed by atoms with E-state index in [-0.39, 0.29) is 21.7 Å². The van der Waals surface area contributed by atoms with E-state index in [1.807, 2.05) is 0 Å². The molecule has 0 bridgehead atoms. The quantitative estimate of drug-likeness (QED) is 0.243. The molecule has 0 amide bonds. The smallest absolute Gasteiger partial charge is 0.122 e. The molecule has 1 nitrogen and oxygen atoms in total. The van der Waals surface area contributed by atoms with Gasteiger partial charge in [-0.2, -0.15) is 0 Å². The highest BCUT2D eigenvalue weighted by Gasteiger charge is 2.56. The molecule has 0 unspecified atom stereocenters. The summed E-state index contributed by atoms with van der Waals surface area (Å²) in [6, 6.07) is 11.4. The van der Waals surface area contributed by atoms with Crippen molar-refractivity contribution >= 4 is 19.9 Å². The molecule has 0 atom stereocenters. The summed E-state index contributed by atoms with van der Waals surface area (Å²) in [5, 5.41) is 2.97. The van der Waals surface area contributed by atoms with Crippen LogP contribution in [-0.2, 0) is 21.7 Å². The fourth-order valence-electron chi connectivity index (χ4n) is 8.89. The Morgan fingerprint density at radius 1 is 0.667 bits per heavy atom. The molecule has 0 saturated carbocycles. The Balaban J connectivity index is 2.10. The number of hydrogen-bond donors (Lipinski definition) is 0. The van der Waals surface area contributed by atoms with Crippen LogP contribution in [0, 0.1) is 0 Å². The monoisotopic (exact) mass is 542 g/mol. The summed E-state index contributed by atoms with van der Waals surface area (Å²) in [6.45, 7) is 24.4. The Labute approximate surface area is 243 Å². The summed E-state index contributed by atoms with van der Waals surface area (Å²) in [5.41, 5.74) is 9.27. The highest BCUT2D eigenvalue weighted by atomic mass is 28.2. The number of methoxy groups -OCH3 is 1. The molecule has 0 N–H and O–H groups in total. The van der Waals surface area contributed by atoms with Crippen LogP contribution in [-0.4, -0.2) is 16.6 Å². The largest absolute Gasteiger partial charge is 0.497 e. The minimum atomic E-state index is 0.260. The third-order valence-electron chi connectivity index (χ3n) is 12.0. The van der Waals surface area contributed by atoms with Crippen molar-refractivity contribution in [2.24, 2.45) is 0 Å². The molecule has 2 aromatic carbocycles. The molecule has 0 spiro atoms. The molecule has 0 aliphatic heterocycles. The van der Waals surface area contributed by atoms with Gasteiger partial charge in [-0.15, -0.1) is 0 Å². The van der Waals surface area contributed by atoms with Crippen molar-refractivity contribution < 1.29 is 4.74 Å². The van der Waals surface area contributed by atoms with Gasteiger partial charge in [0.15, 0.2) is 0 Å². The van der Waals surface area contributed by atoms with E-state index in [1.165, 1.54) is 75.0 Å². The Morgan fingerprint density at radius 2 is 1.05 bits per heavy atom. The highest BCUT2D eigenvalue weighted by Crippen LogP contribution is 2.61. The first kappa shape index (κ1) is 30.2. The Hall–Kier alpha value is -1.80. The Morgan fingerprint density at radius 3 is 1.38 bits per heavy atom. The van der Waals surface area contributed by atoms with Gasteiger partial charge in [0.2, 0.25) is 0 Å². The van der Waals surface area contributed by atoms with Crippen molar-refractivity contribution in [1.29, 1.82) is 0 Å². The van der Waals surface area contributed by atoms with Crippen LogP contribution < -0.4 is 9.92 Å². The van der Waals surface area contributed by atoms with Gasteiger partial charge in [0.25, 0.3) is 0 Å². The zero-order valence-electron chi connectivity index (χ0n) is 26.6. The molecule has 2 radical (unpaired) electrons. The first-order valence-corrected chi connectivity index (χ1v) is 17.0. The molecule has 4 rings (SSSR count). The van der Waals surface area contributed by atoms with E-state index in [1.54, 1.807) is 34.6 Å². The van der Waals surface area contributed by atoms with Crippen LogP contribution in [0.15, 0.2) is 36.9 Å². The lowest BCUT2D eigenvalue weighted by atomic mass is 9.70. The first-order chi connectivity index (χ1) is 18.7. The zero-order chi connectivity index (χ0) is 28.6. The van der Waals surface area contributed by atoms with Crippen molar-refractivity contribution in [2.75, 3.05) is 7.11 Å². The summed E-state index contributed by atoms with van der Waals surface area (Å²) >= 11 is 0. The fraction of sp³-hybridized carbons (Fsp3) is 0.622. The van der Waals surface area contributed by atoms with Gasteiger partial charge in [-0.05, 0) is 126 Å². The number of fused-ring (bicyclic) bond motifs is 2. The summed E-state index contributed by atoms with van der Waals surface area (Å²) in [7, 11) is 2.35. The average molecular weight is 543 g/mol. The fourth-order valence-corrected chi connectivity index (χ4v) is 10.6. The second kappa shape index (κ2) is 11.2. The van der Waals surface area contributed by atoms with Gasteiger partial charge in [-0.1, -0.05) is 90.6 Å². The van der Waals surface area contributed by atoms with Crippen LogP contribution >= 0.6 is 0 Å². The first-order valence-electron chi connectivity index (χ1n) is 16.0. The van der Waals surface area contributed by atoms with E-state index in [9.17, 15) is 0 Å². The minimum Gasteiger partial charge on any atom is -0.497 e. The molecule has 2 heteroatoms. The van der Waals surface area contributed by atoms with Crippen molar-refractivity contribution in [1.82, 2.24) is 0 Å². The van der Waals surface area contributed by atoms with Gasteiger partial charge in [0.1, 0.15) is 15.3 Å². The van der Waals surface area contributed by atoms with Crippen LogP contribution in [0.5, 0.6) is 5.75 Å². The maximum Gasteiger partial charge on any atom is 0.122 e. The number of ether oxygens (including phenoxy) is 1. The van der Waals surface area contributed by atoms with Gasteiger partial charge in [-0.25, -0.2) is 0 Å². The van der Waals surface area contributed by atoms with Gasteiger partial charge in [0, 0.05) is 0 Å². The van der Waals surface area contributed by atoms with E-state index in [4.69, 9.17) is 11.3 Å². The number of hydrogen-bond acceptors (Lipinski definition) is 1. The molecule has 212 valence electrons. The summed E-state index contributed by atoms with van der Waals surface area (Å²) in [4.78, 5) is 0. The second-order valence-corrected chi connectivity index (χ2v) is 14.1. The minimum absolute atomic E-state index is 0.260. The van der Waals surface area contributed by atoms with E-state index >= 15 is 0 Å². The SMILES string of the molecule is C=C([Si]c1c2c(cc3c1C(CC)(CC)CC3(CC)CC)C(CC)(CC)CC2(CC)CC)c1ccc(OC)cc1. The molecule has 0 aromatic heterocycles. The van der Waals surface area contributed by atoms with Crippen LogP contribution in [0.1, 0.15) is 147 Å². The second-order valence-electron chi connectivity index (χ2n) is 12.7. The normalized spacial score (nSPS) is 19.5. The summed E-state index contributed by atoms with van der Waals surface area (Å²) in [6.07, 6.45) is 12.4.